The first kappa shape index (κ1) is 25.5. The standard InChI is InChI=1S/C28H25ClFN3O5/c1-37-23-11-17(12-24(38-2)26(23)28(35)36)13-25(34)32-9-7-18-19-4-3-8-31-27(19)33(22(18)15-32)14-16-5-6-21(30)20(29)10-16/h3-6,8,10-12H,7,9,13-15H2,1-2H3,(H,35,36). The number of pyridine rings is 1. The highest BCUT2D eigenvalue weighted by molar-refractivity contribution is 6.30. The average Bonchev–Trinajstić information content (AvgIpc) is 3.22. The Hall–Kier alpha value is -4.11. The maximum Gasteiger partial charge on any atom is 0.343 e. The Labute approximate surface area is 223 Å². The highest BCUT2D eigenvalue weighted by Crippen LogP contribution is 2.33. The fourth-order valence-corrected chi connectivity index (χ4v) is 5.23. The summed E-state index contributed by atoms with van der Waals surface area (Å²) < 4.78 is 26.3. The number of hydrogen-bond acceptors (Lipinski definition) is 5. The maximum absolute atomic E-state index is 13.7. The van der Waals surface area contributed by atoms with Crippen LogP contribution >= 0.6 is 11.6 Å². The van der Waals surface area contributed by atoms with Gasteiger partial charge in [-0.1, -0.05) is 17.7 Å². The Morgan fingerprint density at radius 1 is 1.11 bits per heavy atom. The Morgan fingerprint density at radius 3 is 2.50 bits per heavy atom. The van der Waals surface area contributed by atoms with E-state index >= 15 is 0 Å². The number of carboxylic acid groups (broad SMARTS) is 1. The van der Waals surface area contributed by atoms with Crippen LogP contribution in [0.2, 0.25) is 5.02 Å². The van der Waals surface area contributed by atoms with E-state index in [9.17, 15) is 19.1 Å². The number of methoxy groups -OCH3 is 2. The lowest BCUT2D eigenvalue weighted by Crippen LogP contribution is -2.37. The highest BCUT2D eigenvalue weighted by atomic mass is 35.5. The van der Waals surface area contributed by atoms with Crippen LogP contribution in [0.1, 0.15) is 32.7 Å². The number of carbonyl (C=O) groups is 2. The van der Waals surface area contributed by atoms with Crippen molar-refractivity contribution < 1.29 is 28.6 Å². The van der Waals surface area contributed by atoms with E-state index in [4.69, 9.17) is 21.1 Å². The summed E-state index contributed by atoms with van der Waals surface area (Å²) in [6.45, 7) is 1.33. The summed E-state index contributed by atoms with van der Waals surface area (Å²) in [6.07, 6.45) is 2.44. The molecule has 5 rings (SSSR count). The molecule has 0 saturated heterocycles. The molecule has 8 nitrogen and oxygen atoms in total. The van der Waals surface area contributed by atoms with Crippen molar-refractivity contribution >= 4 is 34.5 Å². The van der Waals surface area contributed by atoms with E-state index in [1.165, 1.54) is 20.3 Å². The van der Waals surface area contributed by atoms with Crippen molar-refractivity contribution in [1.82, 2.24) is 14.5 Å². The minimum atomic E-state index is -1.18. The Balaban J connectivity index is 1.45. The molecule has 1 amide bonds. The molecule has 0 spiro atoms. The van der Waals surface area contributed by atoms with Gasteiger partial charge in [0.1, 0.15) is 28.5 Å². The number of carbonyl (C=O) groups excluding carboxylic acids is 1. The van der Waals surface area contributed by atoms with Gasteiger partial charge < -0.3 is 24.0 Å². The van der Waals surface area contributed by atoms with Gasteiger partial charge in [0.05, 0.1) is 32.2 Å². The van der Waals surface area contributed by atoms with Crippen LogP contribution in [-0.4, -0.2) is 52.2 Å². The Bertz CT molecular complexity index is 1540. The Kier molecular flexibility index (Phi) is 6.94. The minimum Gasteiger partial charge on any atom is -0.496 e. The number of carboxylic acids is 1. The third kappa shape index (κ3) is 4.65. The predicted octanol–water partition coefficient (Wildman–Crippen LogP) is 4.72. The van der Waals surface area contributed by atoms with Crippen molar-refractivity contribution in [3.63, 3.8) is 0 Å². The molecule has 1 N–H and O–H groups in total. The van der Waals surface area contributed by atoms with Crippen molar-refractivity contribution in [3.8, 4) is 11.5 Å². The first-order valence-corrected chi connectivity index (χ1v) is 12.3. The lowest BCUT2D eigenvalue weighted by molar-refractivity contribution is -0.131. The number of fused-ring (bicyclic) bond motifs is 3. The number of aromatic carboxylic acids is 1. The maximum atomic E-state index is 13.7. The second-order valence-electron chi connectivity index (χ2n) is 9.06. The molecule has 0 bridgehead atoms. The van der Waals surface area contributed by atoms with Gasteiger partial charge in [-0.25, -0.2) is 14.2 Å². The molecule has 2 aromatic heterocycles. The largest absolute Gasteiger partial charge is 0.496 e. The summed E-state index contributed by atoms with van der Waals surface area (Å²) in [7, 11) is 2.75. The number of aromatic nitrogens is 2. The van der Waals surface area contributed by atoms with E-state index in [0.717, 1.165) is 27.9 Å². The summed E-state index contributed by atoms with van der Waals surface area (Å²) >= 11 is 6.02. The van der Waals surface area contributed by atoms with Crippen LogP contribution in [0.3, 0.4) is 0 Å². The number of rotatable bonds is 7. The SMILES string of the molecule is COc1cc(CC(=O)N2CCc3c(n(Cc4ccc(F)c(Cl)c4)c4ncccc34)C2)cc(OC)c1C(=O)O. The van der Waals surface area contributed by atoms with Crippen molar-refractivity contribution in [2.24, 2.45) is 0 Å². The molecule has 3 heterocycles. The van der Waals surface area contributed by atoms with E-state index in [0.29, 0.717) is 31.6 Å². The van der Waals surface area contributed by atoms with E-state index in [1.807, 2.05) is 12.1 Å². The van der Waals surface area contributed by atoms with Gasteiger partial charge in [0.2, 0.25) is 5.91 Å². The minimum absolute atomic E-state index is 0.0496. The van der Waals surface area contributed by atoms with Crippen molar-refractivity contribution in [1.29, 1.82) is 0 Å². The molecular formula is C28H25ClFN3O5. The molecule has 1 aliphatic rings. The molecule has 0 atom stereocenters. The molecule has 196 valence electrons. The summed E-state index contributed by atoms with van der Waals surface area (Å²) in [5.74, 6) is -1.51. The van der Waals surface area contributed by atoms with Crippen LogP contribution in [-0.2, 0) is 30.7 Å². The van der Waals surface area contributed by atoms with Gasteiger partial charge >= 0.3 is 5.97 Å². The topological polar surface area (TPSA) is 93.9 Å². The van der Waals surface area contributed by atoms with Gasteiger partial charge in [0.15, 0.2) is 0 Å². The number of halogens is 2. The molecule has 0 saturated carbocycles. The fraction of sp³-hybridized carbons (Fsp3) is 0.250. The molecule has 0 radical (unpaired) electrons. The molecule has 38 heavy (non-hydrogen) atoms. The third-order valence-corrected chi connectivity index (χ3v) is 7.12. The molecule has 0 fully saturated rings. The van der Waals surface area contributed by atoms with Crippen LogP contribution < -0.4 is 9.47 Å². The molecule has 4 aromatic rings. The van der Waals surface area contributed by atoms with E-state index in [1.54, 1.807) is 35.4 Å². The number of amides is 1. The highest BCUT2D eigenvalue weighted by Gasteiger charge is 2.28. The van der Waals surface area contributed by atoms with E-state index in [-0.39, 0.29) is 34.4 Å². The van der Waals surface area contributed by atoms with Crippen molar-refractivity contribution in [3.05, 3.63) is 87.4 Å². The zero-order valence-electron chi connectivity index (χ0n) is 20.8. The Morgan fingerprint density at radius 2 is 1.84 bits per heavy atom. The monoisotopic (exact) mass is 537 g/mol. The fourth-order valence-electron chi connectivity index (χ4n) is 5.03. The van der Waals surface area contributed by atoms with E-state index < -0.39 is 11.8 Å². The zero-order valence-corrected chi connectivity index (χ0v) is 21.6. The summed E-state index contributed by atoms with van der Waals surface area (Å²) in [6, 6.07) is 11.7. The van der Waals surface area contributed by atoms with Crippen LogP contribution in [0.5, 0.6) is 11.5 Å². The van der Waals surface area contributed by atoms with Gasteiger partial charge in [-0.15, -0.1) is 0 Å². The number of hydrogen-bond donors (Lipinski definition) is 1. The predicted molar refractivity (Wildman–Crippen MR) is 140 cm³/mol. The smallest absolute Gasteiger partial charge is 0.343 e. The molecule has 1 aliphatic heterocycles. The lowest BCUT2D eigenvalue weighted by Gasteiger charge is -2.29. The normalized spacial score (nSPS) is 12.9. The van der Waals surface area contributed by atoms with Gasteiger partial charge in [0, 0.05) is 30.4 Å². The summed E-state index contributed by atoms with van der Waals surface area (Å²) in [5.41, 5.74) is 4.22. The van der Waals surface area contributed by atoms with Gasteiger partial charge in [-0.2, -0.15) is 0 Å². The average molecular weight is 538 g/mol. The second-order valence-corrected chi connectivity index (χ2v) is 9.46. The summed E-state index contributed by atoms with van der Waals surface area (Å²) in [4.78, 5) is 31.4. The first-order valence-electron chi connectivity index (χ1n) is 12.0. The van der Waals surface area contributed by atoms with Crippen LogP contribution in [0.15, 0.2) is 48.7 Å². The first-order chi connectivity index (χ1) is 18.3. The van der Waals surface area contributed by atoms with E-state index in [2.05, 4.69) is 9.55 Å². The number of benzene rings is 2. The van der Waals surface area contributed by atoms with Gasteiger partial charge in [0.25, 0.3) is 0 Å². The quantitative estimate of drug-likeness (QED) is 0.367. The molecule has 2 aromatic carbocycles. The summed E-state index contributed by atoms with van der Waals surface area (Å²) in [5, 5.41) is 10.6. The zero-order chi connectivity index (χ0) is 27.0. The molecule has 10 heteroatoms. The van der Waals surface area contributed by atoms with Crippen LogP contribution in [0.4, 0.5) is 4.39 Å². The van der Waals surface area contributed by atoms with Crippen LogP contribution in [0, 0.1) is 5.82 Å². The molecule has 0 aliphatic carbocycles. The molecular weight excluding hydrogens is 513 g/mol. The van der Waals surface area contributed by atoms with Crippen molar-refractivity contribution in [2.75, 3.05) is 20.8 Å². The van der Waals surface area contributed by atoms with Crippen LogP contribution in [0.25, 0.3) is 11.0 Å². The van der Waals surface area contributed by atoms with Gasteiger partial charge in [-0.3, -0.25) is 4.79 Å². The third-order valence-electron chi connectivity index (χ3n) is 6.83. The second kappa shape index (κ2) is 10.3. The lowest BCUT2D eigenvalue weighted by atomic mass is 10.0. The molecule has 0 unspecified atom stereocenters. The number of ether oxygens (including phenoxy) is 2. The van der Waals surface area contributed by atoms with Crippen molar-refractivity contribution in [2.45, 2.75) is 25.9 Å². The number of nitrogens with zero attached hydrogens (tertiary/aromatic N) is 3. The van der Waals surface area contributed by atoms with Gasteiger partial charge in [-0.05, 0) is 59.5 Å².